The Hall–Kier alpha value is -7.10. The Kier molecular flexibility index (Phi) is 28.4. The molecule has 3 aliphatic heterocycles. The Morgan fingerprint density at radius 3 is 2.04 bits per heavy atom. The summed E-state index contributed by atoms with van der Waals surface area (Å²) in [4.78, 5) is 82.2. The molecule has 28 heteroatoms. The molecule has 6 aromatic rings. The van der Waals surface area contributed by atoms with Gasteiger partial charge >= 0.3 is 18.4 Å². The van der Waals surface area contributed by atoms with E-state index in [4.69, 9.17) is 14.2 Å². The normalized spacial score (nSPS) is 17.7. The summed E-state index contributed by atoms with van der Waals surface area (Å²) < 4.78 is 116. The zero-order valence-electron chi connectivity index (χ0n) is 55.4. The first-order valence-electron chi connectivity index (χ1n) is 32.7. The summed E-state index contributed by atoms with van der Waals surface area (Å²) in [5.74, 6) is -1.89. The van der Waals surface area contributed by atoms with Gasteiger partial charge in [-0.3, -0.25) is 24.5 Å². The first kappa shape index (κ1) is 79.2. The number of aromatic nitrogens is 1. The van der Waals surface area contributed by atoms with Crippen molar-refractivity contribution in [2.24, 2.45) is 0 Å². The number of halogens is 10. The molecule has 538 valence electrons. The maximum atomic E-state index is 14.2. The van der Waals surface area contributed by atoms with Crippen molar-refractivity contribution in [3.63, 3.8) is 0 Å². The molecule has 99 heavy (non-hydrogen) atoms. The summed E-state index contributed by atoms with van der Waals surface area (Å²) in [6, 6.07) is 31.9. The first-order valence-corrected chi connectivity index (χ1v) is 33.5. The minimum absolute atomic E-state index is 0. The summed E-state index contributed by atoms with van der Waals surface area (Å²) in [6.07, 6.45) is -2.67. The van der Waals surface area contributed by atoms with E-state index in [2.05, 4.69) is 37.6 Å². The highest BCUT2D eigenvalue weighted by atomic mass is 35.5. The number of fused-ring (bicyclic) bond motifs is 2. The fourth-order valence-corrected chi connectivity index (χ4v) is 14.2. The van der Waals surface area contributed by atoms with Gasteiger partial charge in [-0.15, -0.1) is 37.2 Å². The van der Waals surface area contributed by atoms with Crippen LogP contribution >= 0.6 is 48.6 Å². The number of alkyl halides is 6. The standard InChI is InChI=1S/C71H82F7N9O8S.3ClH/c1-82(32-14-33-84(3)65(91)60-45-80-66(96-60)79-31-13-5-8-21-62(88)83(2)39-40-85-34-26-56(27-35-85)95-67(92)81-59-20-12-10-18-57(59)49-15-6-4-7-16-49)63(89)46-93-61-43-50-17-9-11-19-58(50)68(61)28-36-86(37-29-68)38-30-69(52-22-24-55(72)25-23-52)47-87(48-94-69)64(90)51-41-53(70(73,74)75)44-54(42-51)71(76,77)78;;;/h4,6-7,9-12,15-20,22-25,41-42,44-45,56,61H,5,8,13-14,21,26-40,43,46-48H2,1-3H3,(H,79,80)(H,81,92);3*1H/t61-,69+;;;/m0.../s1. The number of hydrogen-bond donors (Lipinski definition) is 2. The third-order valence-electron chi connectivity index (χ3n) is 19.1. The lowest BCUT2D eigenvalue weighted by molar-refractivity contribution is -0.143. The highest BCUT2D eigenvalue weighted by molar-refractivity contribution is 7.17. The molecule has 5 aromatic carbocycles. The van der Waals surface area contributed by atoms with Gasteiger partial charge in [0.2, 0.25) is 11.8 Å². The lowest BCUT2D eigenvalue weighted by Crippen LogP contribution is -2.50. The maximum Gasteiger partial charge on any atom is 0.416 e. The second kappa shape index (κ2) is 35.5. The molecule has 0 bridgehead atoms. The van der Waals surface area contributed by atoms with Crippen LogP contribution in [-0.2, 0) is 53.6 Å². The lowest BCUT2D eigenvalue weighted by atomic mass is 9.72. The fourth-order valence-electron chi connectivity index (χ4n) is 13.4. The van der Waals surface area contributed by atoms with Gasteiger partial charge in [0, 0.05) is 96.5 Å². The number of nitrogens with one attached hydrogen (secondary N) is 2. The smallest absolute Gasteiger partial charge is 0.416 e. The van der Waals surface area contributed by atoms with Crippen LogP contribution in [0.25, 0.3) is 11.1 Å². The topological polar surface area (TPSA) is 169 Å². The summed E-state index contributed by atoms with van der Waals surface area (Å²) in [5, 5.41) is 6.86. The predicted octanol–water partition coefficient (Wildman–Crippen LogP) is 13.7. The number of piperidine rings is 2. The number of anilines is 2. The summed E-state index contributed by atoms with van der Waals surface area (Å²) >= 11 is 1.27. The molecule has 3 fully saturated rings. The maximum absolute atomic E-state index is 14.2. The van der Waals surface area contributed by atoms with E-state index in [1.165, 1.54) is 35.6 Å². The van der Waals surface area contributed by atoms with E-state index in [-0.39, 0.29) is 92.8 Å². The lowest BCUT2D eigenvalue weighted by Gasteiger charge is -2.44. The largest absolute Gasteiger partial charge is 0.446 e. The molecule has 1 aliphatic carbocycles. The monoisotopic (exact) mass is 1460 g/mol. The number of likely N-dealkylation sites (tertiary alicyclic amines) is 2. The third kappa shape index (κ3) is 20.3. The van der Waals surface area contributed by atoms with Gasteiger partial charge in [0.25, 0.3) is 11.8 Å². The van der Waals surface area contributed by atoms with Crippen LogP contribution in [0.15, 0.2) is 128 Å². The third-order valence-corrected chi connectivity index (χ3v) is 20.0. The zero-order valence-corrected chi connectivity index (χ0v) is 58.7. The van der Waals surface area contributed by atoms with Crippen LogP contribution < -0.4 is 10.6 Å². The highest BCUT2D eigenvalue weighted by Gasteiger charge is 2.50. The Morgan fingerprint density at radius 1 is 0.707 bits per heavy atom. The van der Waals surface area contributed by atoms with E-state index in [9.17, 15) is 54.7 Å². The van der Waals surface area contributed by atoms with Gasteiger partial charge in [0.15, 0.2) is 5.13 Å². The van der Waals surface area contributed by atoms with Gasteiger partial charge in [-0.2, -0.15) is 26.3 Å². The van der Waals surface area contributed by atoms with Crippen molar-refractivity contribution in [3.05, 3.63) is 172 Å². The number of rotatable bonds is 26. The molecule has 4 heterocycles. The van der Waals surface area contributed by atoms with Gasteiger partial charge in [-0.1, -0.05) is 103 Å². The number of thiazole rings is 1. The quantitative estimate of drug-likeness (QED) is 0.0390. The summed E-state index contributed by atoms with van der Waals surface area (Å²) in [7, 11) is 5.26. The first-order chi connectivity index (χ1) is 46.0. The molecule has 0 radical (unpaired) electrons. The average Bonchev–Trinajstić information content (AvgIpc) is 1.61. The summed E-state index contributed by atoms with van der Waals surface area (Å²) in [6.45, 7) is 5.15. The molecule has 1 aromatic heterocycles. The molecule has 2 N–H and O–H groups in total. The number of carbonyl (C=O) groups excluding carboxylic acids is 5. The Balaban J connectivity index is 0.00000459. The molecule has 2 atom stereocenters. The second-order valence-corrected chi connectivity index (χ2v) is 26.5. The van der Waals surface area contributed by atoms with Crippen molar-refractivity contribution in [3.8, 4) is 11.1 Å². The fraction of sp³-hybridized carbons (Fsp3) is 0.465. The van der Waals surface area contributed by atoms with Gasteiger partial charge in [-0.05, 0) is 130 Å². The van der Waals surface area contributed by atoms with E-state index in [0.717, 1.165) is 78.9 Å². The number of unbranched alkanes of at least 4 members (excludes halogenated alkanes) is 2. The van der Waals surface area contributed by atoms with Crippen LogP contribution in [-0.4, -0.2) is 183 Å². The molecule has 5 amide bonds. The number of nitrogens with zero attached hydrogens (tertiary/aromatic N) is 7. The molecule has 0 saturated carbocycles. The van der Waals surface area contributed by atoms with Crippen molar-refractivity contribution in [2.75, 3.05) is 117 Å². The van der Waals surface area contributed by atoms with E-state index in [1.807, 2.05) is 73.8 Å². The number of amides is 5. The van der Waals surface area contributed by atoms with Crippen molar-refractivity contribution in [1.82, 2.24) is 34.4 Å². The van der Waals surface area contributed by atoms with Crippen LogP contribution in [0.3, 0.4) is 0 Å². The number of carbonyl (C=O) groups is 5. The van der Waals surface area contributed by atoms with Crippen LogP contribution in [0.2, 0.25) is 0 Å². The van der Waals surface area contributed by atoms with Gasteiger partial charge in [0.05, 0.1) is 35.7 Å². The average molecular weight is 1460 g/mol. The number of ether oxygens (including phenoxy) is 3. The van der Waals surface area contributed by atoms with Gasteiger partial charge in [-0.25, -0.2) is 14.2 Å². The number of para-hydroxylation sites is 1. The molecule has 0 unspecified atom stereocenters. The van der Waals surface area contributed by atoms with E-state index >= 15 is 0 Å². The molecule has 4 aliphatic rings. The Morgan fingerprint density at radius 2 is 1.34 bits per heavy atom. The highest BCUT2D eigenvalue weighted by Crippen LogP contribution is 2.49. The Bertz CT molecular complexity index is 3630. The van der Waals surface area contributed by atoms with Crippen LogP contribution in [0.1, 0.15) is 112 Å². The van der Waals surface area contributed by atoms with E-state index < -0.39 is 64.6 Å². The predicted molar refractivity (Wildman–Crippen MR) is 372 cm³/mol. The van der Waals surface area contributed by atoms with Crippen LogP contribution in [0, 0.1) is 5.82 Å². The van der Waals surface area contributed by atoms with Crippen molar-refractivity contribution >= 4 is 89.1 Å². The van der Waals surface area contributed by atoms with E-state index in [0.29, 0.717) is 111 Å². The second-order valence-electron chi connectivity index (χ2n) is 25.4. The zero-order chi connectivity index (χ0) is 68.2. The number of hydrogen-bond acceptors (Lipinski definition) is 13. The van der Waals surface area contributed by atoms with Gasteiger partial charge in [0.1, 0.15) is 35.7 Å². The van der Waals surface area contributed by atoms with Crippen molar-refractivity contribution in [2.45, 2.75) is 106 Å². The van der Waals surface area contributed by atoms with Crippen LogP contribution in [0.5, 0.6) is 0 Å². The SMILES string of the molecule is CN(CCN1CCC(OC(=O)Nc2ccccc2-c2ccccc2)CC1)C(=O)CCCCCNc1ncc(C(=O)N(C)CCCN(C)C(=O)CO[C@H]2Cc3ccccc3C23CCN(CC[C@]2(c4ccc(F)cc4)CN(C(=O)c4cc(C(F)(F)F)cc(C(F)(F)F)c4)CO2)CC3)s1.Cl.Cl.Cl. The molecular weight excluding hydrogens is 1380 g/mol. The van der Waals surface area contributed by atoms with Crippen molar-refractivity contribution < 1.29 is 68.9 Å². The molecule has 3 saturated heterocycles. The van der Waals surface area contributed by atoms with Crippen LogP contribution in [0.4, 0.5) is 46.3 Å². The van der Waals surface area contributed by atoms with E-state index in [1.54, 1.807) is 35.0 Å². The number of benzene rings is 5. The summed E-state index contributed by atoms with van der Waals surface area (Å²) in [5.41, 5.74) is -0.273. The molecule has 10 rings (SSSR count). The number of likely N-dealkylation sites (N-methyl/N-ethyl adjacent to an activating group) is 2. The minimum atomic E-state index is -5.15. The molecular formula is C71H85Cl3F7N9O8S. The minimum Gasteiger partial charge on any atom is -0.446 e. The van der Waals surface area contributed by atoms with Gasteiger partial charge < -0.3 is 48.9 Å². The molecule has 17 nitrogen and oxygen atoms in total. The Labute approximate surface area is 595 Å². The van der Waals surface area contributed by atoms with Crippen molar-refractivity contribution in [1.29, 1.82) is 0 Å². The molecule has 1 spiro atoms.